The molecule has 0 amide bonds. The maximum Gasteiger partial charge on any atom is 0.132 e. The molecule has 0 N–H and O–H groups in total. The van der Waals surface area contributed by atoms with Gasteiger partial charge in [0, 0.05) is 28.2 Å². The lowest BCUT2D eigenvalue weighted by Crippen LogP contribution is -2.32. The molecule has 2 nitrogen and oxygen atoms in total. The van der Waals surface area contributed by atoms with Crippen LogP contribution in [0.1, 0.15) is 44.5 Å². The monoisotopic (exact) mass is 891 g/mol. The third-order valence-corrected chi connectivity index (χ3v) is 15.2. The third kappa shape index (κ3) is 5.80. The number of benzene rings is 11. The molecule has 70 heavy (non-hydrogen) atoms. The van der Waals surface area contributed by atoms with E-state index < -0.39 is 10.8 Å². The van der Waals surface area contributed by atoms with Crippen molar-refractivity contribution in [3.8, 4) is 56.0 Å². The fourth-order valence-electron chi connectivity index (χ4n) is 12.3. The maximum atomic E-state index is 7.19. The van der Waals surface area contributed by atoms with Crippen molar-refractivity contribution in [2.24, 2.45) is 0 Å². The van der Waals surface area contributed by atoms with E-state index in [1.165, 1.54) is 55.6 Å². The van der Waals surface area contributed by atoms with E-state index in [1.54, 1.807) is 0 Å². The van der Waals surface area contributed by atoms with Gasteiger partial charge in [-0.2, -0.15) is 0 Å². The molecule has 0 saturated carbocycles. The number of ether oxygens (including phenoxy) is 1. The fourth-order valence-corrected chi connectivity index (χ4v) is 12.3. The summed E-state index contributed by atoms with van der Waals surface area (Å²) in [7, 11) is 0. The van der Waals surface area contributed by atoms with Gasteiger partial charge in [0.15, 0.2) is 0 Å². The first-order chi connectivity index (χ1) is 34.7. The highest BCUT2D eigenvalue weighted by molar-refractivity contribution is 5.94. The van der Waals surface area contributed by atoms with Gasteiger partial charge in [-0.3, -0.25) is 0 Å². The van der Waals surface area contributed by atoms with Gasteiger partial charge in [0.25, 0.3) is 0 Å². The molecule has 328 valence electrons. The van der Waals surface area contributed by atoms with Gasteiger partial charge in [0.1, 0.15) is 11.5 Å². The van der Waals surface area contributed by atoms with Crippen LogP contribution in [0.4, 0.5) is 17.1 Å². The average molecular weight is 892 g/mol. The normalized spacial score (nSPS) is 13.8. The predicted octanol–water partition coefficient (Wildman–Crippen LogP) is 17.3. The summed E-state index contributed by atoms with van der Waals surface area (Å²) in [6.07, 6.45) is 0. The molecule has 11 aromatic rings. The molecular formula is C68H45NO. The first-order valence-corrected chi connectivity index (χ1v) is 24.2. The van der Waals surface area contributed by atoms with Gasteiger partial charge in [0.05, 0.1) is 10.8 Å². The Morgan fingerprint density at radius 1 is 0.243 bits per heavy atom. The zero-order valence-corrected chi connectivity index (χ0v) is 38.3. The van der Waals surface area contributed by atoms with Gasteiger partial charge in [-0.15, -0.1) is 0 Å². The summed E-state index contributed by atoms with van der Waals surface area (Å²) >= 11 is 0. The highest BCUT2D eigenvalue weighted by Crippen LogP contribution is 2.64. The molecular weight excluding hydrogens is 847 g/mol. The van der Waals surface area contributed by atoms with Crippen molar-refractivity contribution in [2.75, 3.05) is 4.90 Å². The Labute approximate surface area is 409 Å². The van der Waals surface area contributed by atoms with Crippen molar-refractivity contribution in [1.29, 1.82) is 0 Å². The molecule has 14 rings (SSSR count). The molecule has 1 heterocycles. The Balaban J connectivity index is 1.02. The Hall–Kier alpha value is -8.98. The molecule has 1 aliphatic heterocycles. The van der Waals surface area contributed by atoms with E-state index in [-0.39, 0.29) is 0 Å². The molecule has 0 atom stereocenters. The van der Waals surface area contributed by atoms with Crippen LogP contribution >= 0.6 is 0 Å². The zero-order valence-electron chi connectivity index (χ0n) is 38.3. The maximum absolute atomic E-state index is 7.19. The average Bonchev–Trinajstić information content (AvgIpc) is 3.90. The molecule has 11 aromatic carbocycles. The molecule has 0 fully saturated rings. The highest BCUT2D eigenvalue weighted by Gasteiger charge is 2.52. The van der Waals surface area contributed by atoms with Crippen LogP contribution in [0.25, 0.3) is 44.5 Å². The summed E-state index contributed by atoms with van der Waals surface area (Å²) in [5.74, 6) is 1.73. The molecule has 2 heteroatoms. The Kier molecular flexibility index (Phi) is 9.06. The van der Waals surface area contributed by atoms with Crippen LogP contribution in [0.15, 0.2) is 273 Å². The van der Waals surface area contributed by atoms with E-state index >= 15 is 0 Å². The number of hydrogen-bond donors (Lipinski definition) is 0. The van der Waals surface area contributed by atoms with E-state index in [9.17, 15) is 0 Å². The van der Waals surface area contributed by atoms with Crippen LogP contribution in [0.3, 0.4) is 0 Å². The summed E-state index contributed by atoms with van der Waals surface area (Å²) in [4.78, 5) is 2.46. The molecule has 0 bridgehead atoms. The first-order valence-electron chi connectivity index (χ1n) is 24.2. The van der Waals surface area contributed by atoms with Crippen LogP contribution in [0, 0.1) is 0 Å². The lowest BCUT2D eigenvalue weighted by atomic mass is 9.65. The van der Waals surface area contributed by atoms with Crippen molar-refractivity contribution in [3.05, 3.63) is 317 Å². The molecule has 0 radical (unpaired) electrons. The van der Waals surface area contributed by atoms with Gasteiger partial charge in [-0.1, -0.05) is 224 Å². The van der Waals surface area contributed by atoms with Gasteiger partial charge in [-0.25, -0.2) is 0 Å². The van der Waals surface area contributed by atoms with Crippen LogP contribution in [0.5, 0.6) is 11.5 Å². The van der Waals surface area contributed by atoms with Gasteiger partial charge in [0.2, 0.25) is 0 Å². The van der Waals surface area contributed by atoms with Crippen LogP contribution < -0.4 is 9.64 Å². The SMILES string of the molecule is c1ccc(-c2ccc3c(c2)Oc2cc(-c4ccccc4)ccc2C32c3ccccc3-c3ccc(N(c4ccccc4)c4ccc5c(c4)C(c4ccccc4)(c4ccccc4)c4ccccc4-5)cc32)cc1. The molecule has 3 aliphatic rings. The summed E-state index contributed by atoms with van der Waals surface area (Å²) in [5.41, 5.74) is 21.4. The molecule has 1 spiro atoms. The number of para-hydroxylation sites is 1. The van der Waals surface area contributed by atoms with Crippen LogP contribution in [0.2, 0.25) is 0 Å². The van der Waals surface area contributed by atoms with E-state index in [4.69, 9.17) is 4.74 Å². The zero-order chi connectivity index (χ0) is 46.2. The highest BCUT2D eigenvalue weighted by atomic mass is 16.5. The molecule has 0 saturated heterocycles. The quantitative estimate of drug-likeness (QED) is 0.158. The van der Waals surface area contributed by atoms with Crippen LogP contribution in [-0.2, 0) is 10.8 Å². The minimum absolute atomic E-state index is 0.539. The number of anilines is 3. The van der Waals surface area contributed by atoms with E-state index in [1.807, 2.05) is 0 Å². The van der Waals surface area contributed by atoms with E-state index in [0.717, 1.165) is 61.9 Å². The van der Waals surface area contributed by atoms with Crippen molar-refractivity contribution >= 4 is 17.1 Å². The first kappa shape index (κ1) is 40.1. The number of hydrogen-bond acceptors (Lipinski definition) is 2. The summed E-state index contributed by atoms with van der Waals surface area (Å²) in [6.45, 7) is 0. The summed E-state index contributed by atoms with van der Waals surface area (Å²) in [6, 6.07) is 100. The van der Waals surface area contributed by atoms with Crippen molar-refractivity contribution < 1.29 is 4.74 Å². The molecule has 0 aromatic heterocycles. The smallest absolute Gasteiger partial charge is 0.132 e. The minimum atomic E-state index is -0.688. The largest absolute Gasteiger partial charge is 0.457 e. The van der Waals surface area contributed by atoms with E-state index in [0.29, 0.717) is 0 Å². The van der Waals surface area contributed by atoms with Gasteiger partial charge >= 0.3 is 0 Å². The second kappa shape index (κ2) is 15.8. The van der Waals surface area contributed by atoms with Gasteiger partial charge in [-0.05, 0) is 126 Å². The van der Waals surface area contributed by atoms with Crippen molar-refractivity contribution in [2.45, 2.75) is 10.8 Å². The van der Waals surface area contributed by atoms with Crippen molar-refractivity contribution in [3.63, 3.8) is 0 Å². The molecule has 2 aliphatic carbocycles. The number of rotatable bonds is 7. The van der Waals surface area contributed by atoms with E-state index in [2.05, 4.69) is 278 Å². The minimum Gasteiger partial charge on any atom is -0.457 e. The lowest BCUT2D eigenvalue weighted by molar-refractivity contribution is 0.437. The molecule has 0 unspecified atom stereocenters. The standard InChI is InChI=1S/C68H45NO/c1-6-20-46(21-7-1)48-34-40-61-65(42-48)70-66-43-49(47-22-8-2-9-23-47)35-41-62(66)68(61)60-33-19-17-31-56(60)58-39-37-54(45-64(58)68)69(52-28-14-5-15-29-52)53-36-38-57-55-30-16-18-32-59(55)67(63(57)44-53,50-24-10-3-11-25-50)51-26-12-4-13-27-51/h1-45H. The third-order valence-electron chi connectivity index (χ3n) is 15.2. The summed E-state index contributed by atoms with van der Waals surface area (Å²) in [5, 5.41) is 0. The van der Waals surface area contributed by atoms with Crippen molar-refractivity contribution in [1.82, 2.24) is 0 Å². The topological polar surface area (TPSA) is 12.5 Å². The Morgan fingerprint density at radius 3 is 1.11 bits per heavy atom. The summed E-state index contributed by atoms with van der Waals surface area (Å²) < 4.78 is 7.19. The second-order valence-corrected chi connectivity index (χ2v) is 18.7. The second-order valence-electron chi connectivity index (χ2n) is 18.7. The Morgan fingerprint density at radius 2 is 0.629 bits per heavy atom. The Bertz CT molecular complexity index is 3660. The predicted molar refractivity (Wildman–Crippen MR) is 287 cm³/mol. The number of fused-ring (bicyclic) bond motifs is 12. The fraction of sp³-hybridized carbons (Fsp3) is 0.0294. The van der Waals surface area contributed by atoms with Crippen LogP contribution in [-0.4, -0.2) is 0 Å². The lowest BCUT2D eigenvalue weighted by Gasteiger charge is -2.40. The van der Waals surface area contributed by atoms with Gasteiger partial charge < -0.3 is 9.64 Å². The number of nitrogens with zero attached hydrogens (tertiary/aromatic N) is 1.